The third-order valence-corrected chi connectivity index (χ3v) is 0.0481. The van der Waals surface area contributed by atoms with Gasteiger partial charge >= 0.3 is 0 Å². The quantitative estimate of drug-likeness (QED) is 0.280. The molecule has 0 aliphatic rings. The van der Waals surface area contributed by atoms with Gasteiger partial charge in [-0.3, -0.25) is 0 Å². The van der Waals surface area contributed by atoms with Gasteiger partial charge in [-0.1, -0.05) is 0 Å². The van der Waals surface area contributed by atoms with E-state index in [9.17, 15) is 0 Å². The smallest absolute Gasteiger partial charge is 0.00115 e. The van der Waals surface area contributed by atoms with Gasteiger partial charge in [0.15, 0.2) is 0 Å². The Bertz CT molecular complexity index is 28.6. The topological polar surface area (TPSA) is 34.1 Å². The van der Waals surface area contributed by atoms with Crippen LogP contribution in [-0.2, 0) is 35.8 Å². The molecule has 0 radical (unpaired) electrons. The van der Waals surface area contributed by atoms with Crippen LogP contribution in [0.3, 0.4) is 0 Å². The van der Waals surface area contributed by atoms with Crippen molar-refractivity contribution >= 4 is 12.6 Å². The molecule has 0 saturated carbocycles. The molecule has 0 aliphatic carbocycles. The first-order chi connectivity index (χ1) is 1.91. The Kier molecular flexibility index (Phi) is 15.9. The monoisotopic (exact) mass is 147 g/mol. The fraction of sp³-hybridized carbons (Fsp3) is 0. The second kappa shape index (κ2) is 8.88. The van der Waals surface area contributed by atoms with Crippen LogP contribution in [0.25, 0.3) is 0 Å². The fourth-order valence-corrected chi connectivity index (χ4v) is 0. The van der Waals surface area contributed by atoms with E-state index >= 15 is 0 Å². The number of hydrogen-bond donors (Lipinski definition) is 0. The first-order valence-electron chi connectivity index (χ1n) is 0.729. The molecule has 5 heavy (non-hydrogen) atoms. The van der Waals surface area contributed by atoms with Crippen molar-refractivity contribution in [2.24, 2.45) is 0 Å². The third-order valence-electron chi connectivity index (χ3n) is 0.0481. The summed E-state index contributed by atoms with van der Waals surface area (Å²) >= 11 is 0. The normalized spacial score (nSPS) is 4.00. The minimum absolute atomic E-state index is 0. The Morgan fingerprint density at radius 3 is 1.80 bits per heavy atom. The van der Waals surface area contributed by atoms with Gasteiger partial charge in [-0.05, 0) is 0 Å². The van der Waals surface area contributed by atoms with Crippen LogP contribution in [0.5, 0.6) is 0 Å². The summed E-state index contributed by atoms with van der Waals surface area (Å²) in [5.41, 5.74) is 0. The van der Waals surface area contributed by atoms with E-state index < -0.39 is 0 Å². The summed E-state index contributed by atoms with van der Waals surface area (Å²) in [7, 11) is 0. The zero-order chi connectivity index (χ0) is 3.41. The van der Waals surface area contributed by atoms with E-state index in [0.29, 0.717) is 0 Å². The average Bonchev–Trinajstić information content (AvgIpc) is 1.37. The largest absolute Gasteiger partial charge is 0.534 e. The van der Waals surface area contributed by atoms with Crippen LogP contribution in [0.4, 0.5) is 0 Å². The van der Waals surface area contributed by atoms with Gasteiger partial charge in [-0.25, -0.2) is 0 Å². The molecule has 0 aromatic heterocycles. The Morgan fingerprint density at radius 2 is 1.80 bits per heavy atom. The molecule has 0 saturated heterocycles. The molecule has 2 nitrogen and oxygen atoms in total. The Labute approximate surface area is 48.7 Å². The summed E-state index contributed by atoms with van der Waals surface area (Å²) in [5, 5.41) is 0. The molecule has 26 valence electrons. The fourth-order valence-electron chi connectivity index (χ4n) is 0. The van der Waals surface area contributed by atoms with Crippen molar-refractivity contribution in [1.82, 2.24) is 0 Å². The van der Waals surface area contributed by atoms with Gasteiger partial charge in [0, 0.05) is 32.5 Å². The SMILES string of the molecule is O=[C-]C=O.[Zr]. The van der Waals surface area contributed by atoms with E-state index in [1.165, 1.54) is 0 Å². The van der Waals surface area contributed by atoms with Crippen LogP contribution >= 0.6 is 0 Å². The van der Waals surface area contributed by atoms with Crippen molar-refractivity contribution < 1.29 is 35.8 Å². The van der Waals surface area contributed by atoms with Gasteiger partial charge in [0.25, 0.3) is 0 Å². The first kappa shape index (κ1) is 8.97. The summed E-state index contributed by atoms with van der Waals surface area (Å²) in [5.74, 6) is 0. The minimum Gasteiger partial charge on any atom is -0.534 e. The van der Waals surface area contributed by atoms with E-state index in [1.807, 2.05) is 0 Å². The van der Waals surface area contributed by atoms with Gasteiger partial charge in [-0.2, -0.15) is 6.29 Å². The van der Waals surface area contributed by atoms with Crippen molar-refractivity contribution in [3.63, 3.8) is 0 Å². The molecule has 3 heteroatoms. The summed E-state index contributed by atoms with van der Waals surface area (Å²) in [4.78, 5) is 17.4. The maximum absolute atomic E-state index is 8.75. The van der Waals surface area contributed by atoms with Crippen LogP contribution in [0.2, 0.25) is 0 Å². The molecule has 0 aromatic carbocycles. The molecule has 0 rings (SSSR count). The zero-order valence-electron chi connectivity index (χ0n) is 2.39. The van der Waals surface area contributed by atoms with Crippen LogP contribution in [-0.4, -0.2) is 12.6 Å². The Morgan fingerprint density at radius 1 is 1.60 bits per heavy atom. The molecule has 0 unspecified atom stereocenters. The van der Waals surface area contributed by atoms with Crippen LogP contribution in [0.1, 0.15) is 0 Å². The number of carbonyl (C=O) groups excluding carboxylic acids is 2. The zero-order valence-corrected chi connectivity index (χ0v) is 4.85. The number of carbonyl (C=O) groups is 1. The molecule has 0 atom stereocenters. The first-order valence-corrected chi connectivity index (χ1v) is 0.729. The van der Waals surface area contributed by atoms with Crippen LogP contribution in [0, 0.1) is 0 Å². The molecule has 0 amide bonds. The third kappa shape index (κ3) is 14.0. The van der Waals surface area contributed by atoms with Crippen LogP contribution in [0.15, 0.2) is 0 Å². The van der Waals surface area contributed by atoms with Gasteiger partial charge in [0.05, 0.1) is 0 Å². The van der Waals surface area contributed by atoms with Gasteiger partial charge in [0.1, 0.15) is 0 Å². The van der Waals surface area contributed by atoms with E-state index in [1.54, 1.807) is 0 Å². The summed E-state index contributed by atoms with van der Waals surface area (Å²) in [6.07, 6.45) is 1.07. The molecule has 0 bridgehead atoms. The van der Waals surface area contributed by atoms with E-state index in [2.05, 4.69) is 0 Å². The molecule has 0 N–H and O–H groups in total. The minimum atomic E-state index is 0. The van der Waals surface area contributed by atoms with Crippen molar-refractivity contribution in [1.29, 1.82) is 0 Å². The average molecular weight is 148 g/mol. The Hall–Kier alpha value is 0.223. The molecular weight excluding hydrogens is 147 g/mol. The molecular formula is C2HO2Zr-. The predicted molar refractivity (Wildman–Crippen MR) is 11.8 cm³/mol. The molecule has 0 aliphatic heterocycles. The number of rotatable bonds is 1. The molecule has 0 fully saturated rings. The molecule has 0 aromatic rings. The van der Waals surface area contributed by atoms with E-state index in [0.717, 1.165) is 6.29 Å². The maximum Gasteiger partial charge on any atom is 0.00115 e. The summed E-state index contributed by atoms with van der Waals surface area (Å²) in [6.45, 7) is 0. The molecule has 0 heterocycles. The second-order valence-electron chi connectivity index (χ2n) is 0.236. The van der Waals surface area contributed by atoms with Gasteiger partial charge < -0.3 is 9.59 Å². The number of hydrogen-bond acceptors (Lipinski definition) is 2. The summed E-state index contributed by atoms with van der Waals surface area (Å²) in [6, 6.07) is 0. The molecule has 0 spiro atoms. The predicted octanol–water partition coefficient (Wildman–Crippen LogP) is -0.708. The van der Waals surface area contributed by atoms with Crippen molar-refractivity contribution in [2.45, 2.75) is 0 Å². The van der Waals surface area contributed by atoms with Gasteiger partial charge in [0.2, 0.25) is 0 Å². The Balaban J connectivity index is 0. The summed E-state index contributed by atoms with van der Waals surface area (Å²) < 4.78 is 0. The van der Waals surface area contributed by atoms with E-state index in [4.69, 9.17) is 9.59 Å². The standard InChI is InChI=1S/C2HO2.Zr/c3-1-2-4;/h1H;/q-1;. The second-order valence-corrected chi connectivity index (χ2v) is 0.236. The van der Waals surface area contributed by atoms with Gasteiger partial charge in [-0.15, -0.1) is 0 Å². The maximum atomic E-state index is 8.75. The van der Waals surface area contributed by atoms with Crippen molar-refractivity contribution in [3.8, 4) is 0 Å². The van der Waals surface area contributed by atoms with E-state index in [-0.39, 0.29) is 32.5 Å². The van der Waals surface area contributed by atoms with Crippen molar-refractivity contribution in [2.75, 3.05) is 0 Å². The van der Waals surface area contributed by atoms with Crippen molar-refractivity contribution in [3.05, 3.63) is 0 Å². The number of aldehydes is 1. The van der Waals surface area contributed by atoms with Crippen LogP contribution < -0.4 is 0 Å².